The first kappa shape index (κ1) is 20.9. The maximum Gasteiger partial charge on any atom is 0.460 e. The predicted molar refractivity (Wildman–Crippen MR) is 62.0 cm³/mol. The molecule has 0 N–H and O–H groups in total. The molecule has 0 aromatic carbocycles. The summed E-state index contributed by atoms with van der Waals surface area (Å²) in [4.78, 5) is 0. The Morgan fingerprint density at radius 1 is 0.818 bits per heavy atom. The van der Waals surface area contributed by atoms with E-state index < -0.39 is 29.9 Å². The smallest absolute Gasteiger partial charge is 0.191 e. The summed E-state index contributed by atoms with van der Waals surface area (Å²) >= 11 is 0. The van der Waals surface area contributed by atoms with Crippen LogP contribution >= 0.6 is 0 Å². The number of rotatable bonds is 6. The van der Waals surface area contributed by atoms with Gasteiger partial charge in [0.15, 0.2) is 0 Å². The quantitative estimate of drug-likeness (QED) is 0.431. The molecule has 0 aromatic heterocycles. The number of halogens is 9. The fraction of sp³-hybridized carbons (Fsp3) is 0.846. The van der Waals surface area contributed by atoms with Crippen molar-refractivity contribution >= 4 is 0 Å². The zero-order valence-electron chi connectivity index (χ0n) is 11.8. The van der Waals surface area contributed by atoms with Gasteiger partial charge in [0.2, 0.25) is 0 Å². The average Bonchev–Trinajstić information content (AvgIpc) is 2.37. The second-order valence-corrected chi connectivity index (χ2v) is 4.74. The van der Waals surface area contributed by atoms with Gasteiger partial charge in [-0.15, -0.1) is 0 Å². The summed E-state index contributed by atoms with van der Waals surface area (Å²) in [5, 5.41) is 0. The van der Waals surface area contributed by atoms with E-state index in [9.17, 15) is 39.5 Å². The van der Waals surface area contributed by atoms with Crippen molar-refractivity contribution in [2.75, 3.05) is 0 Å². The minimum absolute atomic E-state index is 0.185. The molecule has 0 rings (SSSR count). The van der Waals surface area contributed by atoms with Crippen LogP contribution in [0.3, 0.4) is 0 Å². The average molecular weight is 342 g/mol. The van der Waals surface area contributed by atoms with Gasteiger partial charge in [0, 0.05) is 5.92 Å². The fourth-order valence-electron chi connectivity index (χ4n) is 1.48. The maximum absolute atomic E-state index is 13.1. The van der Waals surface area contributed by atoms with Gasteiger partial charge in [0.05, 0.1) is 0 Å². The van der Waals surface area contributed by atoms with E-state index in [1.165, 1.54) is 6.92 Å². The molecule has 0 amide bonds. The van der Waals surface area contributed by atoms with E-state index in [0.29, 0.717) is 18.8 Å². The van der Waals surface area contributed by atoms with Gasteiger partial charge in [-0.3, -0.25) is 0 Å². The standard InChI is InChI=1S/C13H15F9/c1-3-5-6-9(4-2)7-8-10(14,15)11(16,17)12(18,19)13(20,21)22/h9H,3-6H2,1-2H3. The molecule has 0 bridgehead atoms. The summed E-state index contributed by atoms with van der Waals surface area (Å²) in [6, 6.07) is 0. The molecule has 130 valence electrons. The van der Waals surface area contributed by atoms with Gasteiger partial charge in [-0.2, -0.15) is 39.5 Å². The lowest BCUT2D eigenvalue weighted by molar-refractivity contribution is -0.386. The molecule has 0 saturated carbocycles. The Hall–Kier alpha value is -1.07. The van der Waals surface area contributed by atoms with Crippen molar-refractivity contribution in [2.24, 2.45) is 5.92 Å². The Morgan fingerprint density at radius 2 is 1.32 bits per heavy atom. The highest BCUT2D eigenvalue weighted by atomic mass is 19.4. The Labute approximate surface area is 122 Å². The fourth-order valence-corrected chi connectivity index (χ4v) is 1.48. The first-order valence-electron chi connectivity index (χ1n) is 6.47. The van der Waals surface area contributed by atoms with Crippen LogP contribution in [0.5, 0.6) is 0 Å². The van der Waals surface area contributed by atoms with Crippen LogP contribution in [-0.4, -0.2) is 23.9 Å². The van der Waals surface area contributed by atoms with Crippen LogP contribution < -0.4 is 0 Å². The third kappa shape index (κ3) is 4.23. The van der Waals surface area contributed by atoms with Gasteiger partial charge < -0.3 is 0 Å². The van der Waals surface area contributed by atoms with Crippen molar-refractivity contribution in [3.05, 3.63) is 0 Å². The van der Waals surface area contributed by atoms with Crippen molar-refractivity contribution in [1.82, 2.24) is 0 Å². The van der Waals surface area contributed by atoms with Gasteiger partial charge in [-0.05, 0) is 18.8 Å². The van der Waals surface area contributed by atoms with Crippen LogP contribution in [0.1, 0.15) is 39.5 Å². The molecular formula is C13H15F9. The SMILES string of the molecule is CCCCC(C#CC(F)(F)C(F)(F)C(F)(F)C(F)(F)F)CC. The molecule has 22 heavy (non-hydrogen) atoms. The second kappa shape index (κ2) is 7.01. The van der Waals surface area contributed by atoms with E-state index in [1.54, 1.807) is 12.8 Å². The lowest BCUT2D eigenvalue weighted by Gasteiger charge is -2.31. The molecule has 0 aliphatic carbocycles. The van der Waals surface area contributed by atoms with Crippen LogP contribution in [0.2, 0.25) is 0 Å². The van der Waals surface area contributed by atoms with Gasteiger partial charge in [0.1, 0.15) is 0 Å². The van der Waals surface area contributed by atoms with Crippen LogP contribution in [0, 0.1) is 17.8 Å². The summed E-state index contributed by atoms with van der Waals surface area (Å²) < 4.78 is 113. The van der Waals surface area contributed by atoms with Crippen LogP contribution in [0.15, 0.2) is 0 Å². The van der Waals surface area contributed by atoms with Crippen molar-refractivity contribution in [3.63, 3.8) is 0 Å². The zero-order valence-corrected chi connectivity index (χ0v) is 11.8. The summed E-state index contributed by atoms with van der Waals surface area (Å²) in [6.45, 7) is 3.28. The molecule has 0 aliphatic rings. The normalized spacial score (nSPS) is 15.2. The maximum atomic E-state index is 13.1. The molecule has 0 fully saturated rings. The van der Waals surface area contributed by atoms with E-state index in [4.69, 9.17) is 0 Å². The molecule has 1 atom stereocenters. The number of hydrogen-bond acceptors (Lipinski definition) is 0. The van der Waals surface area contributed by atoms with E-state index in [2.05, 4.69) is 0 Å². The lowest BCUT2D eigenvalue weighted by Crippen LogP contribution is -2.60. The summed E-state index contributed by atoms with van der Waals surface area (Å²) in [6.07, 6.45) is -5.17. The summed E-state index contributed by atoms with van der Waals surface area (Å²) in [7, 11) is 0. The Bertz CT molecular complexity index is 411. The Balaban J connectivity index is 5.47. The van der Waals surface area contributed by atoms with Crippen molar-refractivity contribution < 1.29 is 39.5 Å². The number of alkyl halides is 9. The summed E-state index contributed by atoms with van der Waals surface area (Å²) in [5.41, 5.74) is 0. The first-order valence-corrected chi connectivity index (χ1v) is 6.47. The van der Waals surface area contributed by atoms with Gasteiger partial charge >= 0.3 is 23.9 Å². The van der Waals surface area contributed by atoms with Crippen LogP contribution in [0.25, 0.3) is 0 Å². The largest absolute Gasteiger partial charge is 0.460 e. The van der Waals surface area contributed by atoms with Crippen molar-refractivity contribution in [3.8, 4) is 11.8 Å². The third-order valence-electron chi connectivity index (χ3n) is 2.98. The third-order valence-corrected chi connectivity index (χ3v) is 2.98. The van der Waals surface area contributed by atoms with Gasteiger partial charge in [0.25, 0.3) is 0 Å². The van der Waals surface area contributed by atoms with E-state index in [0.717, 1.165) is 0 Å². The zero-order chi connectivity index (χ0) is 17.8. The molecule has 0 radical (unpaired) electrons. The molecule has 0 aromatic rings. The Morgan fingerprint density at radius 3 is 1.68 bits per heavy atom. The second-order valence-electron chi connectivity index (χ2n) is 4.74. The molecule has 0 heterocycles. The minimum Gasteiger partial charge on any atom is -0.191 e. The minimum atomic E-state index is -6.89. The van der Waals surface area contributed by atoms with E-state index in [1.807, 2.05) is 0 Å². The molecule has 9 heteroatoms. The number of unbranched alkanes of at least 4 members (excludes halogenated alkanes) is 1. The highest BCUT2D eigenvalue weighted by Gasteiger charge is 2.81. The molecular weight excluding hydrogens is 327 g/mol. The molecule has 0 spiro atoms. The van der Waals surface area contributed by atoms with Gasteiger partial charge in [-0.25, -0.2) is 0 Å². The Kier molecular flexibility index (Phi) is 6.66. The molecule has 1 unspecified atom stereocenters. The highest BCUT2D eigenvalue weighted by molar-refractivity contribution is 5.19. The lowest BCUT2D eigenvalue weighted by atomic mass is 9.98. The molecule has 0 saturated heterocycles. The van der Waals surface area contributed by atoms with Gasteiger partial charge in [-0.1, -0.05) is 32.6 Å². The predicted octanol–water partition coefficient (Wildman–Crippen LogP) is 5.67. The monoisotopic (exact) mass is 342 g/mol. The summed E-state index contributed by atoms with van der Waals surface area (Å²) in [5.74, 6) is -17.8. The first-order chi connectivity index (χ1) is 9.74. The topological polar surface area (TPSA) is 0 Å². The van der Waals surface area contributed by atoms with Crippen LogP contribution in [0.4, 0.5) is 39.5 Å². The molecule has 0 aliphatic heterocycles. The van der Waals surface area contributed by atoms with Crippen molar-refractivity contribution in [1.29, 1.82) is 0 Å². The van der Waals surface area contributed by atoms with Crippen molar-refractivity contribution in [2.45, 2.75) is 63.5 Å². The molecule has 0 nitrogen and oxygen atoms in total. The highest BCUT2D eigenvalue weighted by Crippen LogP contribution is 2.52. The number of hydrogen-bond donors (Lipinski definition) is 0. The van der Waals surface area contributed by atoms with E-state index >= 15 is 0 Å². The van der Waals surface area contributed by atoms with E-state index in [-0.39, 0.29) is 12.8 Å². The van der Waals surface area contributed by atoms with Crippen LogP contribution in [-0.2, 0) is 0 Å².